The Kier molecular flexibility index (Phi) is 3.41. The number of ether oxygens (including phenoxy) is 1. The molecule has 0 amide bonds. The van der Waals surface area contributed by atoms with E-state index >= 15 is 0 Å². The standard InChI is InChI=1S/C17H18N2O3/c1-22-15-7-6-13(8-14(15)18)19-17(16(20)21)9-11-4-2-3-5-12(11)10-17/h2-8,19H,9-10,18H2,1H3,(H,20,21). The van der Waals surface area contributed by atoms with Crippen LogP contribution < -0.4 is 15.8 Å². The van der Waals surface area contributed by atoms with Gasteiger partial charge in [-0.2, -0.15) is 0 Å². The van der Waals surface area contributed by atoms with Gasteiger partial charge < -0.3 is 20.9 Å². The third kappa shape index (κ3) is 2.35. The Morgan fingerprint density at radius 1 is 1.23 bits per heavy atom. The Bertz CT molecular complexity index is 703. The first kappa shape index (κ1) is 14.3. The zero-order valence-corrected chi connectivity index (χ0v) is 12.3. The molecule has 0 heterocycles. The third-order valence-corrected chi connectivity index (χ3v) is 4.13. The molecule has 0 saturated carbocycles. The number of carboxylic acid groups (broad SMARTS) is 1. The largest absolute Gasteiger partial charge is 0.495 e. The second kappa shape index (κ2) is 5.26. The van der Waals surface area contributed by atoms with Crippen molar-refractivity contribution >= 4 is 17.3 Å². The van der Waals surface area contributed by atoms with Gasteiger partial charge in [0, 0.05) is 18.5 Å². The van der Waals surface area contributed by atoms with Crippen molar-refractivity contribution in [3.8, 4) is 5.75 Å². The summed E-state index contributed by atoms with van der Waals surface area (Å²) < 4.78 is 5.12. The number of nitrogen functional groups attached to an aromatic ring is 1. The Balaban J connectivity index is 1.91. The number of methoxy groups -OCH3 is 1. The van der Waals surface area contributed by atoms with Crippen molar-refractivity contribution in [2.24, 2.45) is 0 Å². The predicted octanol–water partition coefficient (Wildman–Crippen LogP) is 2.31. The van der Waals surface area contributed by atoms with E-state index in [0.29, 0.717) is 30.0 Å². The van der Waals surface area contributed by atoms with Crippen LogP contribution in [-0.4, -0.2) is 23.7 Å². The number of aliphatic carboxylic acids is 1. The van der Waals surface area contributed by atoms with Crippen LogP contribution in [-0.2, 0) is 17.6 Å². The van der Waals surface area contributed by atoms with Gasteiger partial charge in [-0.05, 0) is 29.3 Å². The number of hydrogen-bond donors (Lipinski definition) is 3. The lowest BCUT2D eigenvalue weighted by Crippen LogP contribution is -2.47. The minimum atomic E-state index is -1.04. The van der Waals surface area contributed by atoms with Gasteiger partial charge in [0.2, 0.25) is 0 Å². The van der Waals surface area contributed by atoms with Crippen LogP contribution in [0.5, 0.6) is 5.75 Å². The van der Waals surface area contributed by atoms with E-state index in [1.807, 2.05) is 24.3 Å². The van der Waals surface area contributed by atoms with E-state index in [9.17, 15) is 9.90 Å². The Morgan fingerprint density at radius 3 is 2.36 bits per heavy atom. The summed E-state index contributed by atoms with van der Waals surface area (Å²) in [7, 11) is 1.55. The molecule has 2 aromatic carbocycles. The second-order valence-electron chi connectivity index (χ2n) is 5.59. The van der Waals surface area contributed by atoms with Crippen LogP contribution in [0.4, 0.5) is 11.4 Å². The first-order valence-corrected chi connectivity index (χ1v) is 7.06. The van der Waals surface area contributed by atoms with Crippen molar-refractivity contribution in [3.63, 3.8) is 0 Å². The van der Waals surface area contributed by atoms with Gasteiger partial charge in [0.1, 0.15) is 11.3 Å². The molecule has 1 aliphatic rings. The topological polar surface area (TPSA) is 84.6 Å². The van der Waals surface area contributed by atoms with Gasteiger partial charge in [-0.25, -0.2) is 4.79 Å². The fourth-order valence-electron chi connectivity index (χ4n) is 3.00. The fourth-order valence-corrected chi connectivity index (χ4v) is 3.00. The van der Waals surface area contributed by atoms with Crippen LogP contribution in [0.25, 0.3) is 0 Å². The number of rotatable bonds is 4. The molecule has 4 N–H and O–H groups in total. The SMILES string of the molecule is COc1ccc(NC2(C(=O)O)Cc3ccccc3C2)cc1N. The number of nitrogens with one attached hydrogen (secondary N) is 1. The lowest BCUT2D eigenvalue weighted by molar-refractivity contribution is -0.142. The van der Waals surface area contributed by atoms with E-state index in [0.717, 1.165) is 11.1 Å². The number of nitrogens with two attached hydrogens (primary N) is 1. The second-order valence-corrected chi connectivity index (χ2v) is 5.59. The van der Waals surface area contributed by atoms with Crippen molar-refractivity contribution in [1.29, 1.82) is 0 Å². The summed E-state index contributed by atoms with van der Waals surface area (Å²) >= 11 is 0. The minimum absolute atomic E-state index is 0.449. The zero-order chi connectivity index (χ0) is 15.7. The molecule has 0 fully saturated rings. The van der Waals surface area contributed by atoms with Gasteiger partial charge in [-0.15, -0.1) is 0 Å². The fraction of sp³-hybridized carbons (Fsp3) is 0.235. The van der Waals surface area contributed by atoms with Crippen LogP contribution >= 0.6 is 0 Å². The molecule has 0 atom stereocenters. The molecule has 22 heavy (non-hydrogen) atoms. The quantitative estimate of drug-likeness (QED) is 0.754. The first-order valence-electron chi connectivity index (χ1n) is 7.06. The molecule has 2 aromatic rings. The number of anilines is 2. The molecular weight excluding hydrogens is 280 g/mol. The van der Waals surface area contributed by atoms with Crippen molar-refractivity contribution < 1.29 is 14.6 Å². The molecule has 0 unspecified atom stereocenters. The third-order valence-electron chi connectivity index (χ3n) is 4.13. The maximum absolute atomic E-state index is 11.9. The van der Waals surface area contributed by atoms with Gasteiger partial charge >= 0.3 is 5.97 Å². The highest BCUT2D eigenvalue weighted by atomic mass is 16.5. The molecule has 0 radical (unpaired) electrons. The lowest BCUT2D eigenvalue weighted by atomic mass is 9.95. The van der Waals surface area contributed by atoms with Crippen molar-refractivity contribution in [2.75, 3.05) is 18.2 Å². The smallest absolute Gasteiger partial charge is 0.330 e. The monoisotopic (exact) mass is 298 g/mol. The van der Waals surface area contributed by atoms with E-state index in [1.165, 1.54) is 0 Å². The number of hydrogen-bond acceptors (Lipinski definition) is 4. The van der Waals surface area contributed by atoms with Crippen LogP contribution in [0.15, 0.2) is 42.5 Å². The summed E-state index contributed by atoms with van der Waals surface area (Å²) in [6.07, 6.45) is 0.898. The van der Waals surface area contributed by atoms with E-state index in [1.54, 1.807) is 25.3 Å². The summed E-state index contributed by atoms with van der Waals surface area (Å²) in [4.78, 5) is 11.9. The maximum Gasteiger partial charge on any atom is 0.330 e. The molecule has 114 valence electrons. The number of carboxylic acids is 1. The van der Waals surface area contributed by atoms with E-state index < -0.39 is 11.5 Å². The molecule has 1 aliphatic carbocycles. The summed E-state index contributed by atoms with van der Waals surface area (Å²) in [5.74, 6) is -0.289. The first-order chi connectivity index (χ1) is 10.5. The van der Waals surface area contributed by atoms with Crippen LogP contribution in [0.1, 0.15) is 11.1 Å². The van der Waals surface area contributed by atoms with Crippen molar-refractivity contribution in [2.45, 2.75) is 18.4 Å². The Labute approximate surface area is 128 Å². The molecule has 3 rings (SSSR count). The molecule has 0 saturated heterocycles. The van der Waals surface area contributed by atoms with Gasteiger partial charge in [-0.3, -0.25) is 0 Å². The van der Waals surface area contributed by atoms with Gasteiger partial charge in [0.15, 0.2) is 0 Å². The average molecular weight is 298 g/mol. The summed E-state index contributed by atoms with van der Waals surface area (Å²) in [5, 5.41) is 12.9. The average Bonchev–Trinajstić information content (AvgIpc) is 2.87. The molecule has 0 spiro atoms. The maximum atomic E-state index is 11.9. The minimum Gasteiger partial charge on any atom is -0.495 e. The van der Waals surface area contributed by atoms with E-state index in [-0.39, 0.29) is 0 Å². The number of benzene rings is 2. The van der Waals surface area contributed by atoms with Gasteiger partial charge in [-0.1, -0.05) is 24.3 Å². The highest BCUT2D eigenvalue weighted by molar-refractivity contribution is 5.85. The summed E-state index contributed by atoms with van der Waals surface area (Å²) in [6.45, 7) is 0. The van der Waals surface area contributed by atoms with E-state index in [4.69, 9.17) is 10.5 Å². The Morgan fingerprint density at radius 2 is 1.86 bits per heavy atom. The molecule has 5 nitrogen and oxygen atoms in total. The van der Waals surface area contributed by atoms with Gasteiger partial charge in [0.25, 0.3) is 0 Å². The number of carbonyl (C=O) groups is 1. The van der Waals surface area contributed by atoms with Crippen LogP contribution in [0, 0.1) is 0 Å². The summed E-state index contributed by atoms with van der Waals surface area (Å²) in [6, 6.07) is 13.0. The molecule has 0 aromatic heterocycles. The normalized spacial score (nSPS) is 15.1. The number of fused-ring (bicyclic) bond motifs is 1. The van der Waals surface area contributed by atoms with Crippen LogP contribution in [0.2, 0.25) is 0 Å². The summed E-state index contributed by atoms with van der Waals surface area (Å²) in [5.41, 5.74) is 8.15. The van der Waals surface area contributed by atoms with E-state index in [2.05, 4.69) is 5.32 Å². The molecule has 0 bridgehead atoms. The molecule has 0 aliphatic heterocycles. The predicted molar refractivity (Wildman–Crippen MR) is 85.2 cm³/mol. The van der Waals surface area contributed by atoms with Crippen molar-refractivity contribution in [1.82, 2.24) is 0 Å². The highest BCUT2D eigenvalue weighted by Gasteiger charge is 2.44. The lowest BCUT2D eigenvalue weighted by Gasteiger charge is -2.27. The molecular formula is C17H18N2O3. The highest BCUT2D eigenvalue weighted by Crippen LogP contribution is 2.34. The van der Waals surface area contributed by atoms with Crippen molar-refractivity contribution in [3.05, 3.63) is 53.6 Å². The van der Waals surface area contributed by atoms with Gasteiger partial charge in [0.05, 0.1) is 12.8 Å². The van der Waals surface area contributed by atoms with Crippen LogP contribution in [0.3, 0.4) is 0 Å². The zero-order valence-electron chi connectivity index (χ0n) is 12.3. The Hall–Kier alpha value is -2.69. The molecule has 5 heteroatoms.